The van der Waals surface area contributed by atoms with Gasteiger partial charge in [0, 0.05) is 19.2 Å². The summed E-state index contributed by atoms with van der Waals surface area (Å²) < 4.78 is 24.5. The second kappa shape index (κ2) is 7.08. The number of ether oxygens (including phenoxy) is 2. The fourth-order valence-corrected chi connectivity index (χ4v) is 2.34. The molecule has 1 aromatic carbocycles. The van der Waals surface area contributed by atoms with Crippen molar-refractivity contribution in [3.05, 3.63) is 29.0 Å². The van der Waals surface area contributed by atoms with Crippen LogP contribution in [0.4, 0.5) is 4.39 Å². The van der Waals surface area contributed by atoms with Crippen molar-refractivity contribution in [1.29, 1.82) is 0 Å². The smallest absolute Gasteiger partial charge is 0.183 e. The first-order chi connectivity index (χ1) is 9.18. The predicted octanol–water partition coefficient (Wildman–Crippen LogP) is 3.02. The first-order valence-corrected chi connectivity index (χ1v) is 6.98. The summed E-state index contributed by atoms with van der Waals surface area (Å²) in [7, 11) is 0. The number of nitrogens with one attached hydrogen (secondary N) is 1. The van der Waals surface area contributed by atoms with Crippen LogP contribution in [0, 0.1) is 5.82 Å². The quantitative estimate of drug-likeness (QED) is 0.816. The number of hydrogen-bond donors (Lipinski definition) is 1. The van der Waals surface area contributed by atoms with Crippen molar-refractivity contribution in [3.8, 4) is 5.75 Å². The van der Waals surface area contributed by atoms with Gasteiger partial charge in [-0.05, 0) is 31.9 Å². The van der Waals surface area contributed by atoms with Gasteiger partial charge in [-0.3, -0.25) is 0 Å². The summed E-state index contributed by atoms with van der Waals surface area (Å²) in [5.41, 5.74) is 0. The standard InChI is InChI=1S/C14H19ClFNO2/c1-10(12-6-3-8-18-12)17-7-9-19-13-5-2-4-11(15)14(13)16/h2,4-5,10,12,17H,3,6-9H2,1H3. The van der Waals surface area contributed by atoms with Crippen molar-refractivity contribution in [2.75, 3.05) is 19.8 Å². The molecule has 5 heteroatoms. The molecule has 2 unspecified atom stereocenters. The molecule has 1 aromatic rings. The predicted molar refractivity (Wildman–Crippen MR) is 73.3 cm³/mol. The summed E-state index contributed by atoms with van der Waals surface area (Å²) in [5.74, 6) is -0.310. The van der Waals surface area contributed by atoms with Crippen LogP contribution in [-0.2, 0) is 4.74 Å². The average molecular weight is 288 g/mol. The minimum absolute atomic E-state index is 0.0817. The molecule has 3 nitrogen and oxygen atoms in total. The molecule has 0 bridgehead atoms. The summed E-state index contributed by atoms with van der Waals surface area (Å²) in [6.45, 7) is 3.98. The molecule has 0 radical (unpaired) electrons. The fourth-order valence-electron chi connectivity index (χ4n) is 2.17. The van der Waals surface area contributed by atoms with Gasteiger partial charge in [0.15, 0.2) is 11.6 Å². The van der Waals surface area contributed by atoms with Crippen LogP contribution < -0.4 is 10.1 Å². The van der Waals surface area contributed by atoms with Crippen molar-refractivity contribution in [2.45, 2.75) is 31.9 Å². The van der Waals surface area contributed by atoms with Crippen LogP contribution in [0.1, 0.15) is 19.8 Å². The summed E-state index contributed by atoms with van der Waals surface area (Å²) in [6.07, 6.45) is 2.50. The highest BCUT2D eigenvalue weighted by atomic mass is 35.5. The Hall–Kier alpha value is -0.840. The Morgan fingerprint density at radius 1 is 1.58 bits per heavy atom. The molecule has 0 spiro atoms. The Balaban J connectivity index is 1.70. The van der Waals surface area contributed by atoms with Crippen LogP contribution in [0.15, 0.2) is 18.2 Å². The zero-order valence-electron chi connectivity index (χ0n) is 11.0. The average Bonchev–Trinajstić information content (AvgIpc) is 2.93. The Morgan fingerprint density at radius 2 is 2.42 bits per heavy atom. The molecule has 0 amide bonds. The summed E-state index contributed by atoms with van der Waals surface area (Å²) in [6, 6.07) is 5.03. The molecular formula is C14H19ClFNO2. The largest absolute Gasteiger partial charge is 0.489 e. The molecule has 2 rings (SSSR count). The zero-order valence-corrected chi connectivity index (χ0v) is 11.8. The second-order valence-corrected chi connectivity index (χ2v) is 5.10. The first kappa shape index (κ1) is 14.6. The molecule has 1 fully saturated rings. The molecule has 1 aliphatic rings. The molecule has 2 atom stereocenters. The van der Waals surface area contributed by atoms with Gasteiger partial charge in [0.2, 0.25) is 0 Å². The maximum Gasteiger partial charge on any atom is 0.183 e. The van der Waals surface area contributed by atoms with Gasteiger partial charge >= 0.3 is 0 Å². The molecule has 0 aromatic heterocycles. The van der Waals surface area contributed by atoms with Gasteiger partial charge < -0.3 is 14.8 Å². The molecule has 1 saturated heterocycles. The highest BCUT2D eigenvalue weighted by Crippen LogP contribution is 2.23. The number of halogens is 2. The van der Waals surface area contributed by atoms with E-state index in [1.54, 1.807) is 12.1 Å². The SMILES string of the molecule is CC(NCCOc1cccc(Cl)c1F)C1CCCO1. The maximum atomic E-state index is 13.5. The van der Waals surface area contributed by atoms with Gasteiger partial charge in [-0.2, -0.15) is 0 Å². The van der Waals surface area contributed by atoms with Crippen LogP contribution in [-0.4, -0.2) is 31.9 Å². The maximum absolute atomic E-state index is 13.5. The van der Waals surface area contributed by atoms with E-state index in [1.165, 1.54) is 6.07 Å². The Kier molecular flexibility index (Phi) is 5.43. The molecule has 1 aliphatic heterocycles. The van der Waals surface area contributed by atoms with Crippen molar-refractivity contribution in [2.24, 2.45) is 0 Å². The molecule has 0 saturated carbocycles. The van der Waals surface area contributed by atoms with E-state index >= 15 is 0 Å². The van der Waals surface area contributed by atoms with Gasteiger partial charge in [-0.25, -0.2) is 4.39 Å². The number of benzene rings is 1. The minimum atomic E-state index is -0.503. The topological polar surface area (TPSA) is 30.5 Å². The Bertz CT molecular complexity index is 410. The Morgan fingerprint density at radius 3 is 3.16 bits per heavy atom. The van der Waals surface area contributed by atoms with Gasteiger partial charge in [0.05, 0.1) is 11.1 Å². The third kappa shape index (κ3) is 4.06. The van der Waals surface area contributed by atoms with E-state index in [0.29, 0.717) is 13.2 Å². The van der Waals surface area contributed by atoms with Crippen LogP contribution in [0.5, 0.6) is 5.75 Å². The molecule has 19 heavy (non-hydrogen) atoms. The molecule has 106 valence electrons. The lowest BCUT2D eigenvalue weighted by atomic mass is 10.1. The Labute approximate surface area is 118 Å². The van der Waals surface area contributed by atoms with E-state index in [4.69, 9.17) is 21.1 Å². The van der Waals surface area contributed by atoms with E-state index < -0.39 is 5.82 Å². The normalized spacial score (nSPS) is 20.5. The van der Waals surface area contributed by atoms with E-state index in [1.807, 2.05) is 0 Å². The van der Waals surface area contributed by atoms with Crippen molar-refractivity contribution in [1.82, 2.24) is 5.32 Å². The third-order valence-electron chi connectivity index (χ3n) is 3.26. The summed E-state index contributed by atoms with van der Waals surface area (Å²) in [5, 5.41) is 3.41. The fraction of sp³-hybridized carbons (Fsp3) is 0.571. The monoisotopic (exact) mass is 287 g/mol. The third-order valence-corrected chi connectivity index (χ3v) is 3.56. The lowest BCUT2D eigenvalue weighted by Crippen LogP contribution is -2.39. The van der Waals surface area contributed by atoms with Crippen molar-refractivity contribution >= 4 is 11.6 Å². The van der Waals surface area contributed by atoms with Gasteiger partial charge in [0.1, 0.15) is 6.61 Å². The summed E-state index contributed by atoms with van der Waals surface area (Å²) >= 11 is 5.68. The van der Waals surface area contributed by atoms with Crippen molar-refractivity contribution in [3.63, 3.8) is 0 Å². The first-order valence-electron chi connectivity index (χ1n) is 6.60. The number of hydrogen-bond acceptors (Lipinski definition) is 3. The van der Waals surface area contributed by atoms with Crippen LogP contribution in [0.2, 0.25) is 5.02 Å². The molecular weight excluding hydrogens is 269 g/mol. The van der Waals surface area contributed by atoms with Crippen LogP contribution in [0.3, 0.4) is 0 Å². The lowest BCUT2D eigenvalue weighted by molar-refractivity contribution is 0.0824. The summed E-state index contributed by atoms with van der Waals surface area (Å²) in [4.78, 5) is 0. The van der Waals surface area contributed by atoms with Gasteiger partial charge in [-0.1, -0.05) is 17.7 Å². The van der Waals surface area contributed by atoms with Gasteiger partial charge in [-0.15, -0.1) is 0 Å². The van der Waals surface area contributed by atoms with E-state index in [-0.39, 0.29) is 22.9 Å². The molecule has 1 N–H and O–H groups in total. The lowest BCUT2D eigenvalue weighted by Gasteiger charge is -2.20. The highest BCUT2D eigenvalue weighted by Gasteiger charge is 2.21. The van der Waals surface area contributed by atoms with E-state index in [2.05, 4.69) is 12.2 Å². The van der Waals surface area contributed by atoms with E-state index in [9.17, 15) is 4.39 Å². The molecule has 1 heterocycles. The minimum Gasteiger partial charge on any atom is -0.489 e. The number of rotatable bonds is 6. The van der Waals surface area contributed by atoms with Crippen molar-refractivity contribution < 1.29 is 13.9 Å². The zero-order chi connectivity index (χ0) is 13.7. The van der Waals surface area contributed by atoms with E-state index in [0.717, 1.165) is 19.4 Å². The highest BCUT2D eigenvalue weighted by molar-refractivity contribution is 6.30. The van der Waals surface area contributed by atoms with Crippen LogP contribution in [0.25, 0.3) is 0 Å². The molecule has 0 aliphatic carbocycles. The second-order valence-electron chi connectivity index (χ2n) is 4.69. The van der Waals surface area contributed by atoms with Crippen LogP contribution >= 0.6 is 11.6 Å². The van der Waals surface area contributed by atoms with Gasteiger partial charge in [0.25, 0.3) is 0 Å².